The molecule has 0 radical (unpaired) electrons. The van der Waals surface area contributed by atoms with Gasteiger partial charge in [0.2, 0.25) is 5.91 Å². The number of amides is 1. The van der Waals surface area contributed by atoms with Crippen molar-refractivity contribution >= 4 is 5.91 Å². The highest BCUT2D eigenvalue weighted by molar-refractivity contribution is 5.79. The van der Waals surface area contributed by atoms with Crippen LogP contribution in [0.4, 0.5) is 0 Å². The van der Waals surface area contributed by atoms with Crippen LogP contribution in [0.5, 0.6) is 5.75 Å². The predicted molar refractivity (Wildman–Crippen MR) is 94.6 cm³/mol. The van der Waals surface area contributed by atoms with E-state index in [-0.39, 0.29) is 18.4 Å². The number of carbonyl (C=O) groups excluding carboxylic acids is 1. The first-order valence-corrected chi connectivity index (χ1v) is 8.03. The van der Waals surface area contributed by atoms with E-state index in [1.54, 1.807) is 18.1 Å². The number of hydrogen-bond acceptors (Lipinski definition) is 4. The molecule has 6 heteroatoms. The fraction of sp³-hybridized carbons (Fsp3) is 0.211. The number of rotatable bonds is 6. The number of benzene rings is 2. The number of methoxy groups -OCH3 is 1. The van der Waals surface area contributed by atoms with Gasteiger partial charge in [-0.25, -0.2) is 9.67 Å². The van der Waals surface area contributed by atoms with Gasteiger partial charge in [0.1, 0.15) is 18.4 Å². The SMILES string of the molecule is COc1ccccc1CC(=O)NC(C)c1ccc(-n2cncn2)cc1. The quantitative estimate of drug-likeness (QED) is 0.751. The summed E-state index contributed by atoms with van der Waals surface area (Å²) < 4.78 is 6.98. The minimum absolute atomic E-state index is 0.0441. The Morgan fingerprint density at radius 2 is 1.96 bits per heavy atom. The third-order valence-electron chi connectivity index (χ3n) is 4.00. The highest BCUT2D eigenvalue weighted by Gasteiger charge is 2.12. The molecule has 0 saturated heterocycles. The zero-order chi connectivity index (χ0) is 17.6. The van der Waals surface area contributed by atoms with E-state index >= 15 is 0 Å². The zero-order valence-electron chi connectivity index (χ0n) is 14.2. The Balaban J connectivity index is 1.63. The van der Waals surface area contributed by atoms with Gasteiger partial charge in [0.15, 0.2) is 0 Å². The number of ether oxygens (including phenoxy) is 1. The van der Waals surface area contributed by atoms with Gasteiger partial charge < -0.3 is 10.1 Å². The lowest BCUT2D eigenvalue weighted by Crippen LogP contribution is -2.28. The molecule has 0 aliphatic rings. The van der Waals surface area contributed by atoms with Crippen molar-refractivity contribution in [2.75, 3.05) is 7.11 Å². The normalized spacial score (nSPS) is 11.8. The van der Waals surface area contributed by atoms with Crippen LogP contribution in [0.15, 0.2) is 61.2 Å². The molecule has 0 aliphatic heterocycles. The summed E-state index contributed by atoms with van der Waals surface area (Å²) in [4.78, 5) is 16.3. The Kier molecular flexibility index (Phi) is 5.09. The Hall–Kier alpha value is -3.15. The summed E-state index contributed by atoms with van der Waals surface area (Å²) in [5.74, 6) is 0.680. The fourth-order valence-electron chi connectivity index (χ4n) is 2.66. The summed E-state index contributed by atoms with van der Waals surface area (Å²) in [5, 5.41) is 7.12. The van der Waals surface area contributed by atoms with Crippen LogP contribution in [0, 0.1) is 0 Å². The van der Waals surface area contributed by atoms with E-state index in [1.807, 2.05) is 55.5 Å². The number of nitrogens with one attached hydrogen (secondary N) is 1. The van der Waals surface area contributed by atoms with E-state index in [0.717, 1.165) is 22.6 Å². The van der Waals surface area contributed by atoms with Gasteiger partial charge in [0, 0.05) is 5.56 Å². The van der Waals surface area contributed by atoms with Gasteiger partial charge in [-0.3, -0.25) is 4.79 Å². The minimum atomic E-state index is -0.0907. The Morgan fingerprint density at radius 3 is 2.64 bits per heavy atom. The van der Waals surface area contributed by atoms with E-state index in [1.165, 1.54) is 6.33 Å². The molecule has 1 amide bonds. The van der Waals surface area contributed by atoms with E-state index in [9.17, 15) is 4.79 Å². The third kappa shape index (κ3) is 4.03. The summed E-state index contributed by atoms with van der Waals surface area (Å²) in [6.45, 7) is 1.96. The Labute approximate surface area is 146 Å². The maximum absolute atomic E-state index is 12.3. The molecule has 1 atom stereocenters. The lowest BCUT2D eigenvalue weighted by atomic mass is 10.1. The molecular formula is C19H20N4O2. The van der Waals surface area contributed by atoms with Crippen molar-refractivity contribution in [3.63, 3.8) is 0 Å². The lowest BCUT2D eigenvalue weighted by Gasteiger charge is -2.15. The molecule has 0 aliphatic carbocycles. The van der Waals surface area contributed by atoms with Crippen molar-refractivity contribution in [3.05, 3.63) is 72.3 Å². The first-order chi connectivity index (χ1) is 12.2. The molecule has 1 unspecified atom stereocenters. The third-order valence-corrected chi connectivity index (χ3v) is 4.00. The van der Waals surface area contributed by atoms with E-state index in [2.05, 4.69) is 15.4 Å². The van der Waals surface area contributed by atoms with E-state index in [0.29, 0.717) is 0 Å². The molecule has 6 nitrogen and oxygen atoms in total. The second-order valence-electron chi connectivity index (χ2n) is 5.71. The van der Waals surface area contributed by atoms with Crippen LogP contribution in [0.1, 0.15) is 24.1 Å². The molecule has 0 spiro atoms. The maximum atomic E-state index is 12.3. The maximum Gasteiger partial charge on any atom is 0.225 e. The monoisotopic (exact) mass is 336 g/mol. The molecular weight excluding hydrogens is 316 g/mol. The van der Waals surface area contributed by atoms with Gasteiger partial charge in [-0.05, 0) is 30.7 Å². The highest BCUT2D eigenvalue weighted by Crippen LogP contribution is 2.19. The van der Waals surface area contributed by atoms with Gasteiger partial charge in [0.25, 0.3) is 0 Å². The topological polar surface area (TPSA) is 69.0 Å². The summed E-state index contributed by atoms with van der Waals surface area (Å²) >= 11 is 0. The number of hydrogen-bond donors (Lipinski definition) is 1. The zero-order valence-corrected chi connectivity index (χ0v) is 14.2. The molecule has 128 valence electrons. The van der Waals surface area contributed by atoms with Crippen LogP contribution in [0.2, 0.25) is 0 Å². The molecule has 1 aromatic heterocycles. The first-order valence-electron chi connectivity index (χ1n) is 8.03. The van der Waals surface area contributed by atoms with Gasteiger partial charge in [-0.2, -0.15) is 5.10 Å². The summed E-state index contributed by atoms with van der Waals surface area (Å²) in [6.07, 6.45) is 3.42. The number of aromatic nitrogens is 3. The molecule has 25 heavy (non-hydrogen) atoms. The largest absolute Gasteiger partial charge is 0.496 e. The Bertz CT molecular complexity index is 829. The second-order valence-corrected chi connectivity index (χ2v) is 5.71. The molecule has 3 rings (SSSR count). The van der Waals surface area contributed by atoms with Gasteiger partial charge >= 0.3 is 0 Å². The predicted octanol–water partition coefficient (Wildman–Crippen LogP) is 2.70. The average molecular weight is 336 g/mol. The molecule has 2 aromatic carbocycles. The van der Waals surface area contributed by atoms with Crippen LogP contribution in [-0.4, -0.2) is 27.8 Å². The van der Waals surface area contributed by atoms with Crippen molar-refractivity contribution in [2.45, 2.75) is 19.4 Å². The van der Waals surface area contributed by atoms with Crippen molar-refractivity contribution in [1.29, 1.82) is 0 Å². The smallest absolute Gasteiger partial charge is 0.225 e. The number of carbonyl (C=O) groups is 1. The van der Waals surface area contributed by atoms with Crippen LogP contribution < -0.4 is 10.1 Å². The van der Waals surface area contributed by atoms with Crippen LogP contribution >= 0.6 is 0 Å². The molecule has 3 aromatic rings. The number of nitrogens with zero attached hydrogens (tertiary/aromatic N) is 3. The molecule has 0 fully saturated rings. The molecule has 1 N–H and O–H groups in total. The summed E-state index contributed by atoms with van der Waals surface area (Å²) in [5.41, 5.74) is 2.82. The van der Waals surface area contributed by atoms with E-state index < -0.39 is 0 Å². The second kappa shape index (κ2) is 7.61. The standard InChI is InChI=1S/C19H20N4O2/c1-14(15-7-9-17(10-8-15)23-13-20-12-21-23)22-19(24)11-16-5-3-4-6-18(16)25-2/h3-10,12-14H,11H2,1-2H3,(H,22,24). The van der Waals surface area contributed by atoms with Gasteiger partial charge in [0.05, 0.1) is 25.3 Å². The summed E-state index contributed by atoms with van der Waals surface area (Å²) in [6, 6.07) is 15.3. The average Bonchev–Trinajstić information content (AvgIpc) is 3.17. The van der Waals surface area contributed by atoms with Crippen molar-refractivity contribution < 1.29 is 9.53 Å². The van der Waals surface area contributed by atoms with E-state index in [4.69, 9.17) is 4.74 Å². The molecule has 0 bridgehead atoms. The highest BCUT2D eigenvalue weighted by atomic mass is 16.5. The van der Waals surface area contributed by atoms with Crippen molar-refractivity contribution in [3.8, 4) is 11.4 Å². The lowest BCUT2D eigenvalue weighted by molar-refractivity contribution is -0.121. The first kappa shape index (κ1) is 16.7. The Morgan fingerprint density at radius 1 is 1.20 bits per heavy atom. The molecule has 1 heterocycles. The molecule has 0 saturated carbocycles. The minimum Gasteiger partial charge on any atom is -0.496 e. The van der Waals surface area contributed by atoms with Crippen LogP contribution in [-0.2, 0) is 11.2 Å². The van der Waals surface area contributed by atoms with Gasteiger partial charge in [-0.15, -0.1) is 0 Å². The van der Waals surface area contributed by atoms with Crippen molar-refractivity contribution in [2.24, 2.45) is 0 Å². The van der Waals surface area contributed by atoms with Crippen LogP contribution in [0.25, 0.3) is 5.69 Å². The van der Waals surface area contributed by atoms with Crippen LogP contribution in [0.3, 0.4) is 0 Å². The van der Waals surface area contributed by atoms with Crippen molar-refractivity contribution in [1.82, 2.24) is 20.1 Å². The fourth-order valence-corrected chi connectivity index (χ4v) is 2.66. The number of para-hydroxylation sites is 1. The summed E-state index contributed by atoms with van der Waals surface area (Å²) in [7, 11) is 1.61. The van der Waals surface area contributed by atoms with Gasteiger partial charge in [-0.1, -0.05) is 30.3 Å².